The lowest BCUT2D eigenvalue weighted by Crippen LogP contribution is -2.40. The monoisotopic (exact) mass is 368 g/mol. The van der Waals surface area contributed by atoms with E-state index in [4.69, 9.17) is 5.11 Å². The maximum Gasteiger partial charge on any atom is 0.321 e. The number of benzene rings is 1. The highest BCUT2D eigenvalue weighted by molar-refractivity contribution is 7.89. The fourth-order valence-corrected chi connectivity index (χ4v) is 4.23. The Hall–Kier alpha value is -1.93. The number of hydrogen-bond donors (Lipinski definition) is 2. The smallest absolute Gasteiger partial charge is 0.321 e. The molecule has 0 bridgehead atoms. The molecule has 25 heavy (non-hydrogen) atoms. The number of nitrogens with one attached hydrogen (secondary N) is 1. The normalized spacial score (nSPS) is 16.0. The number of aliphatic carboxylic acids is 1. The first-order valence-electron chi connectivity index (χ1n) is 8.37. The highest BCUT2D eigenvalue weighted by atomic mass is 32.2. The average Bonchev–Trinajstić information content (AvgIpc) is 2.76. The van der Waals surface area contributed by atoms with Crippen molar-refractivity contribution in [3.63, 3.8) is 0 Å². The van der Waals surface area contributed by atoms with Crippen molar-refractivity contribution in [3.05, 3.63) is 29.3 Å². The quantitative estimate of drug-likeness (QED) is 0.784. The van der Waals surface area contributed by atoms with Crippen molar-refractivity contribution in [2.75, 3.05) is 13.1 Å². The molecule has 2 N–H and O–H groups in total. The summed E-state index contributed by atoms with van der Waals surface area (Å²) in [6.45, 7) is 4.49. The summed E-state index contributed by atoms with van der Waals surface area (Å²) >= 11 is 0. The zero-order chi connectivity index (χ0) is 18.6. The van der Waals surface area contributed by atoms with Gasteiger partial charge in [0.05, 0.1) is 4.90 Å². The molecule has 0 saturated heterocycles. The molecule has 138 valence electrons. The van der Waals surface area contributed by atoms with Crippen molar-refractivity contribution in [2.45, 2.75) is 50.5 Å². The van der Waals surface area contributed by atoms with Crippen molar-refractivity contribution in [3.8, 4) is 0 Å². The number of amides is 1. The van der Waals surface area contributed by atoms with Gasteiger partial charge in [-0.1, -0.05) is 19.4 Å². The molecule has 1 unspecified atom stereocenters. The van der Waals surface area contributed by atoms with Crippen molar-refractivity contribution in [2.24, 2.45) is 0 Å². The highest BCUT2D eigenvalue weighted by Crippen LogP contribution is 2.21. The van der Waals surface area contributed by atoms with Crippen molar-refractivity contribution in [1.82, 2.24) is 9.62 Å². The Labute approximate surface area is 148 Å². The van der Waals surface area contributed by atoms with Gasteiger partial charge in [0.1, 0.15) is 6.04 Å². The predicted octanol–water partition coefficient (Wildman–Crippen LogP) is 1.17. The molecule has 1 aromatic rings. The first kappa shape index (κ1) is 19.4. The zero-order valence-electron chi connectivity index (χ0n) is 14.5. The van der Waals surface area contributed by atoms with Gasteiger partial charge in [-0.25, -0.2) is 8.42 Å². The summed E-state index contributed by atoms with van der Waals surface area (Å²) in [7, 11) is -3.91. The molecule has 1 aliphatic heterocycles. The first-order valence-corrected chi connectivity index (χ1v) is 9.85. The van der Waals surface area contributed by atoms with Crippen LogP contribution >= 0.6 is 0 Å². The van der Waals surface area contributed by atoms with E-state index < -0.39 is 22.0 Å². The Kier molecular flexibility index (Phi) is 6.18. The number of hydrogen-bond acceptors (Lipinski definition) is 4. The second kappa shape index (κ2) is 7.97. The Morgan fingerprint density at radius 2 is 1.88 bits per heavy atom. The van der Waals surface area contributed by atoms with Crippen LogP contribution in [0.5, 0.6) is 0 Å². The van der Waals surface area contributed by atoms with Gasteiger partial charge < -0.3 is 10.0 Å². The molecule has 0 aromatic heterocycles. The summed E-state index contributed by atoms with van der Waals surface area (Å²) in [4.78, 5) is 24.6. The fraction of sp³-hybridized carbons (Fsp3) is 0.529. The summed E-state index contributed by atoms with van der Waals surface area (Å²) in [6, 6.07) is 3.70. The molecule has 8 heteroatoms. The van der Waals surface area contributed by atoms with Gasteiger partial charge in [0.15, 0.2) is 0 Å². The summed E-state index contributed by atoms with van der Waals surface area (Å²) in [5.41, 5.74) is 1.90. The molecule has 0 radical (unpaired) electrons. The van der Waals surface area contributed by atoms with Crippen LogP contribution in [0.1, 0.15) is 37.8 Å². The largest absolute Gasteiger partial charge is 0.480 e. The third-order valence-corrected chi connectivity index (χ3v) is 5.88. The fourth-order valence-electron chi connectivity index (χ4n) is 2.96. The number of carbonyl (C=O) groups excluding carboxylic acids is 1. The van der Waals surface area contributed by atoms with Crippen LogP contribution in [-0.4, -0.2) is 49.4 Å². The molecule has 0 fully saturated rings. The number of fused-ring (bicyclic) bond motifs is 1. The van der Waals surface area contributed by atoms with Gasteiger partial charge in [0.25, 0.3) is 0 Å². The molecule has 1 amide bonds. The predicted molar refractivity (Wildman–Crippen MR) is 92.8 cm³/mol. The maximum absolute atomic E-state index is 12.5. The van der Waals surface area contributed by atoms with Gasteiger partial charge in [-0.2, -0.15) is 4.72 Å². The highest BCUT2D eigenvalue weighted by Gasteiger charge is 2.26. The minimum atomic E-state index is -3.91. The zero-order valence-corrected chi connectivity index (χ0v) is 15.3. The molecular formula is C17H24N2O5S. The molecule has 0 spiro atoms. The van der Waals surface area contributed by atoms with Gasteiger partial charge >= 0.3 is 5.97 Å². The van der Waals surface area contributed by atoms with E-state index in [0.717, 1.165) is 11.1 Å². The van der Waals surface area contributed by atoms with E-state index in [1.54, 1.807) is 24.0 Å². The van der Waals surface area contributed by atoms with Crippen LogP contribution < -0.4 is 4.72 Å². The van der Waals surface area contributed by atoms with Crippen LogP contribution in [0.3, 0.4) is 0 Å². The number of carboxylic acid groups (broad SMARTS) is 1. The van der Waals surface area contributed by atoms with E-state index in [2.05, 4.69) is 4.72 Å². The Balaban J connectivity index is 2.24. The summed E-state index contributed by atoms with van der Waals surface area (Å²) in [5.74, 6) is -1.18. The van der Waals surface area contributed by atoms with Crippen molar-refractivity contribution < 1.29 is 23.1 Å². The lowest BCUT2D eigenvalue weighted by Gasteiger charge is -2.17. The lowest BCUT2D eigenvalue weighted by molar-refractivity contribution is -0.139. The molecule has 1 aromatic carbocycles. The van der Waals surface area contributed by atoms with E-state index in [0.29, 0.717) is 32.4 Å². The van der Waals surface area contributed by atoms with E-state index in [1.165, 1.54) is 13.0 Å². The van der Waals surface area contributed by atoms with Crippen molar-refractivity contribution in [1.29, 1.82) is 0 Å². The molecule has 1 heterocycles. The molecule has 1 aliphatic rings. The minimum absolute atomic E-state index is 0.00573. The van der Waals surface area contributed by atoms with Crippen LogP contribution in [0, 0.1) is 0 Å². The Morgan fingerprint density at radius 3 is 2.44 bits per heavy atom. The van der Waals surface area contributed by atoms with Crippen LogP contribution in [0.25, 0.3) is 0 Å². The van der Waals surface area contributed by atoms with Crippen LogP contribution in [0.15, 0.2) is 23.1 Å². The van der Waals surface area contributed by atoms with Crippen LogP contribution in [0.2, 0.25) is 0 Å². The third kappa shape index (κ3) is 4.79. The van der Waals surface area contributed by atoms with E-state index >= 15 is 0 Å². The van der Waals surface area contributed by atoms with Gasteiger partial charge in [0, 0.05) is 20.0 Å². The second-order valence-corrected chi connectivity index (χ2v) is 7.95. The van der Waals surface area contributed by atoms with Gasteiger partial charge in [-0.15, -0.1) is 0 Å². The summed E-state index contributed by atoms with van der Waals surface area (Å²) < 4.78 is 27.3. The summed E-state index contributed by atoms with van der Waals surface area (Å²) in [5, 5.41) is 9.16. The lowest BCUT2D eigenvalue weighted by atomic mass is 10.0. The van der Waals surface area contributed by atoms with Gasteiger partial charge in [-0.05, 0) is 42.5 Å². The maximum atomic E-state index is 12.5. The number of sulfonamides is 1. The molecular weight excluding hydrogens is 344 g/mol. The third-order valence-electron chi connectivity index (χ3n) is 4.41. The van der Waals surface area contributed by atoms with E-state index in [1.807, 2.05) is 0 Å². The van der Waals surface area contributed by atoms with Gasteiger partial charge in [0.2, 0.25) is 15.9 Å². The standard InChI is InChI=1S/C17H24N2O5S/c1-3-4-16(17(21)22)18-25(23,24)15-6-5-13-7-9-19(12(2)20)10-8-14(13)11-15/h5-6,11,16,18H,3-4,7-10H2,1-2H3,(H,21,22). The first-order chi connectivity index (χ1) is 11.7. The van der Waals surface area contributed by atoms with Crippen LogP contribution in [-0.2, 0) is 32.5 Å². The van der Waals surface area contributed by atoms with E-state index in [9.17, 15) is 18.0 Å². The van der Waals surface area contributed by atoms with E-state index in [-0.39, 0.29) is 17.2 Å². The summed E-state index contributed by atoms with van der Waals surface area (Å²) in [6.07, 6.45) is 2.05. The molecule has 0 saturated carbocycles. The minimum Gasteiger partial charge on any atom is -0.480 e. The number of carboxylic acids is 1. The topological polar surface area (TPSA) is 104 Å². The molecule has 2 rings (SSSR count). The second-order valence-electron chi connectivity index (χ2n) is 6.24. The average molecular weight is 368 g/mol. The molecule has 0 aliphatic carbocycles. The number of carbonyl (C=O) groups is 2. The molecule has 1 atom stereocenters. The molecule has 7 nitrogen and oxygen atoms in total. The number of rotatable bonds is 6. The van der Waals surface area contributed by atoms with Crippen LogP contribution in [0.4, 0.5) is 0 Å². The number of nitrogens with zero attached hydrogens (tertiary/aromatic N) is 1. The SMILES string of the molecule is CCCC(NS(=O)(=O)c1ccc2c(c1)CCN(C(C)=O)CC2)C(=O)O. The Bertz CT molecular complexity index is 760. The van der Waals surface area contributed by atoms with Crippen molar-refractivity contribution >= 4 is 21.9 Å². The van der Waals surface area contributed by atoms with Gasteiger partial charge in [-0.3, -0.25) is 9.59 Å². The Morgan fingerprint density at radius 1 is 1.24 bits per heavy atom.